The molecule has 1 aliphatic rings. The topological polar surface area (TPSA) is 45.2 Å². The number of hydrogen-bond donors (Lipinski definition) is 1. The zero-order valence-electron chi connectivity index (χ0n) is 8.77. The van der Waals surface area contributed by atoms with Crippen LogP contribution in [0, 0.1) is 0 Å². The Balaban J connectivity index is 1.75. The molecule has 1 aromatic rings. The lowest BCUT2D eigenvalue weighted by Gasteiger charge is -2.14. The number of hydrogen-bond acceptors (Lipinski definition) is 4. The Labute approximate surface area is 93.3 Å². The Morgan fingerprint density at radius 1 is 1.80 bits per heavy atom. The molecular weight excluding hydrogens is 210 g/mol. The Hall–Kier alpha value is -0.940. The Bertz CT molecular complexity index is 325. The van der Waals surface area contributed by atoms with Gasteiger partial charge in [-0.3, -0.25) is 4.79 Å². The van der Waals surface area contributed by atoms with Gasteiger partial charge in [0.25, 0.3) is 0 Å². The lowest BCUT2D eigenvalue weighted by molar-refractivity contribution is -0.127. The molecule has 1 amide bonds. The summed E-state index contributed by atoms with van der Waals surface area (Å²) in [5.41, 5.74) is 0. The maximum absolute atomic E-state index is 11.1. The van der Waals surface area contributed by atoms with Crippen molar-refractivity contribution in [1.82, 2.24) is 15.2 Å². The Kier molecular flexibility index (Phi) is 3.33. The van der Waals surface area contributed by atoms with E-state index < -0.39 is 0 Å². The first-order valence-electron chi connectivity index (χ1n) is 5.13. The molecule has 2 rings (SSSR count). The SMILES string of the molecule is CC(=O)N1CC[C@H](NCc2nccs2)C1. The average molecular weight is 225 g/mol. The molecule has 15 heavy (non-hydrogen) atoms. The minimum Gasteiger partial charge on any atom is -0.341 e. The van der Waals surface area contributed by atoms with Gasteiger partial charge in [0.1, 0.15) is 5.01 Å². The van der Waals surface area contributed by atoms with E-state index in [-0.39, 0.29) is 5.91 Å². The lowest BCUT2D eigenvalue weighted by Crippen LogP contribution is -2.33. The van der Waals surface area contributed by atoms with Crippen molar-refractivity contribution >= 4 is 17.2 Å². The second-order valence-electron chi connectivity index (χ2n) is 3.76. The molecule has 0 aliphatic carbocycles. The molecule has 1 N–H and O–H groups in total. The molecule has 0 bridgehead atoms. The highest BCUT2D eigenvalue weighted by Gasteiger charge is 2.23. The molecule has 1 fully saturated rings. The number of nitrogens with zero attached hydrogens (tertiary/aromatic N) is 2. The minimum absolute atomic E-state index is 0.175. The van der Waals surface area contributed by atoms with Gasteiger partial charge >= 0.3 is 0 Å². The number of aromatic nitrogens is 1. The van der Waals surface area contributed by atoms with Crippen molar-refractivity contribution in [1.29, 1.82) is 0 Å². The van der Waals surface area contributed by atoms with E-state index in [1.165, 1.54) is 0 Å². The molecule has 1 atom stereocenters. The van der Waals surface area contributed by atoms with Crippen molar-refractivity contribution in [2.45, 2.75) is 25.9 Å². The monoisotopic (exact) mass is 225 g/mol. The van der Waals surface area contributed by atoms with Crippen LogP contribution in [0.4, 0.5) is 0 Å². The van der Waals surface area contributed by atoms with Crippen molar-refractivity contribution in [3.05, 3.63) is 16.6 Å². The fourth-order valence-corrected chi connectivity index (χ4v) is 2.35. The van der Waals surface area contributed by atoms with E-state index in [0.717, 1.165) is 31.1 Å². The maximum Gasteiger partial charge on any atom is 0.219 e. The molecule has 2 heterocycles. The highest BCUT2D eigenvalue weighted by molar-refractivity contribution is 7.09. The van der Waals surface area contributed by atoms with Gasteiger partial charge in [0.15, 0.2) is 0 Å². The van der Waals surface area contributed by atoms with Crippen LogP contribution in [0.2, 0.25) is 0 Å². The summed E-state index contributed by atoms with van der Waals surface area (Å²) in [7, 11) is 0. The van der Waals surface area contributed by atoms with Crippen molar-refractivity contribution in [3.8, 4) is 0 Å². The normalized spacial score (nSPS) is 20.9. The van der Waals surface area contributed by atoms with Crippen LogP contribution in [0.1, 0.15) is 18.4 Å². The molecule has 4 nitrogen and oxygen atoms in total. The number of thiazole rings is 1. The van der Waals surface area contributed by atoms with Crippen LogP contribution < -0.4 is 5.32 Å². The molecule has 0 unspecified atom stereocenters. The summed E-state index contributed by atoms with van der Waals surface area (Å²) in [6, 6.07) is 0.429. The number of rotatable bonds is 3. The van der Waals surface area contributed by atoms with Gasteiger partial charge < -0.3 is 10.2 Å². The predicted molar refractivity (Wildman–Crippen MR) is 59.6 cm³/mol. The highest BCUT2D eigenvalue weighted by atomic mass is 32.1. The molecule has 82 valence electrons. The zero-order valence-corrected chi connectivity index (χ0v) is 9.59. The second kappa shape index (κ2) is 4.72. The molecule has 1 aromatic heterocycles. The smallest absolute Gasteiger partial charge is 0.219 e. The lowest BCUT2D eigenvalue weighted by atomic mass is 10.3. The number of carbonyl (C=O) groups is 1. The zero-order chi connectivity index (χ0) is 10.7. The van der Waals surface area contributed by atoms with Crippen LogP contribution in [0.25, 0.3) is 0 Å². The highest BCUT2D eigenvalue weighted by Crippen LogP contribution is 2.10. The van der Waals surface area contributed by atoms with Crippen molar-refractivity contribution < 1.29 is 4.79 Å². The molecule has 5 heteroatoms. The summed E-state index contributed by atoms with van der Waals surface area (Å²) in [5, 5.41) is 6.51. The van der Waals surface area contributed by atoms with Gasteiger partial charge in [-0.15, -0.1) is 11.3 Å². The number of likely N-dealkylation sites (tertiary alicyclic amines) is 1. The van der Waals surface area contributed by atoms with E-state index in [1.807, 2.05) is 16.5 Å². The standard InChI is InChI=1S/C10H15N3OS/c1-8(14)13-4-2-9(7-13)12-6-10-11-3-5-15-10/h3,5,9,12H,2,4,6-7H2,1H3/t9-/m0/s1. The van der Waals surface area contributed by atoms with Crippen molar-refractivity contribution in [2.75, 3.05) is 13.1 Å². The van der Waals surface area contributed by atoms with Crippen LogP contribution in [0.3, 0.4) is 0 Å². The summed E-state index contributed by atoms with van der Waals surface area (Å²) in [6.07, 6.45) is 2.86. The second-order valence-corrected chi connectivity index (χ2v) is 4.74. The third-order valence-corrected chi connectivity index (χ3v) is 3.44. The predicted octanol–water partition coefficient (Wildman–Crippen LogP) is 0.853. The van der Waals surface area contributed by atoms with Crippen molar-refractivity contribution in [2.24, 2.45) is 0 Å². The van der Waals surface area contributed by atoms with Gasteiger partial charge in [-0.2, -0.15) is 0 Å². The molecule has 1 saturated heterocycles. The van der Waals surface area contributed by atoms with E-state index in [4.69, 9.17) is 0 Å². The summed E-state index contributed by atoms with van der Waals surface area (Å²) >= 11 is 1.66. The van der Waals surface area contributed by atoms with E-state index in [1.54, 1.807) is 18.3 Å². The molecule has 0 spiro atoms. The van der Waals surface area contributed by atoms with E-state index >= 15 is 0 Å². The first-order chi connectivity index (χ1) is 7.25. The molecule has 0 aromatic carbocycles. The van der Waals surface area contributed by atoms with Gasteiger partial charge in [0.05, 0.1) is 0 Å². The van der Waals surface area contributed by atoms with Gasteiger partial charge in [0, 0.05) is 44.2 Å². The number of carbonyl (C=O) groups excluding carboxylic acids is 1. The van der Waals surface area contributed by atoms with Crippen LogP contribution in [-0.4, -0.2) is 34.9 Å². The van der Waals surface area contributed by atoms with Gasteiger partial charge in [-0.05, 0) is 6.42 Å². The fourth-order valence-electron chi connectivity index (χ4n) is 1.78. The molecule has 1 aliphatic heterocycles. The average Bonchev–Trinajstić information content (AvgIpc) is 2.86. The summed E-state index contributed by atoms with van der Waals surface area (Å²) in [5.74, 6) is 0.175. The van der Waals surface area contributed by atoms with Gasteiger partial charge in [-0.25, -0.2) is 4.98 Å². The van der Waals surface area contributed by atoms with Crippen LogP contribution in [0.15, 0.2) is 11.6 Å². The third-order valence-electron chi connectivity index (χ3n) is 2.66. The summed E-state index contributed by atoms with van der Waals surface area (Å²) in [6.45, 7) is 4.16. The number of nitrogens with one attached hydrogen (secondary N) is 1. The molecular formula is C10H15N3OS. The first kappa shape index (κ1) is 10.6. The third kappa shape index (κ3) is 2.76. The Morgan fingerprint density at radius 3 is 3.27 bits per heavy atom. The van der Waals surface area contributed by atoms with E-state index in [9.17, 15) is 4.79 Å². The maximum atomic E-state index is 11.1. The summed E-state index contributed by atoms with van der Waals surface area (Å²) < 4.78 is 0. The van der Waals surface area contributed by atoms with Crippen molar-refractivity contribution in [3.63, 3.8) is 0 Å². The quantitative estimate of drug-likeness (QED) is 0.829. The van der Waals surface area contributed by atoms with E-state index in [2.05, 4.69) is 10.3 Å². The van der Waals surface area contributed by atoms with Crippen LogP contribution in [0.5, 0.6) is 0 Å². The fraction of sp³-hybridized carbons (Fsp3) is 0.600. The first-order valence-corrected chi connectivity index (χ1v) is 6.01. The number of amides is 1. The summed E-state index contributed by atoms with van der Waals surface area (Å²) in [4.78, 5) is 17.2. The van der Waals surface area contributed by atoms with E-state index in [0.29, 0.717) is 6.04 Å². The van der Waals surface area contributed by atoms with Crippen LogP contribution in [-0.2, 0) is 11.3 Å². The largest absolute Gasteiger partial charge is 0.341 e. The van der Waals surface area contributed by atoms with Gasteiger partial charge in [0.2, 0.25) is 5.91 Å². The Morgan fingerprint density at radius 2 is 2.67 bits per heavy atom. The van der Waals surface area contributed by atoms with Crippen LogP contribution >= 0.6 is 11.3 Å². The molecule has 0 saturated carbocycles. The van der Waals surface area contributed by atoms with Gasteiger partial charge in [-0.1, -0.05) is 0 Å². The minimum atomic E-state index is 0.175. The molecule has 0 radical (unpaired) electrons.